The van der Waals surface area contributed by atoms with E-state index < -0.39 is 0 Å². The second kappa shape index (κ2) is 10.3. The van der Waals surface area contributed by atoms with Crippen LogP contribution in [0.4, 0.5) is 0 Å². The van der Waals surface area contributed by atoms with Gasteiger partial charge in [-0.05, 0) is 36.1 Å². The Kier molecular flexibility index (Phi) is 8.04. The van der Waals surface area contributed by atoms with Crippen molar-refractivity contribution in [3.8, 4) is 11.5 Å². The van der Waals surface area contributed by atoms with Gasteiger partial charge < -0.3 is 25.2 Å². The van der Waals surface area contributed by atoms with Crippen molar-refractivity contribution in [1.82, 2.24) is 10.6 Å². The van der Waals surface area contributed by atoms with Crippen molar-refractivity contribution in [2.45, 2.75) is 26.2 Å². The number of aliphatic hydroxyl groups excluding tert-OH is 1. The van der Waals surface area contributed by atoms with Gasteiger partial charge in [0.2, 0.25) is 0 Å². The lowest BCUT2D eigenvalue weighted by molar-refractivity contribution is 0.191. The average molecular weight is 350 g/mol. The zero-order valence-electron chi connectivity index (χ0n) is 14.2. The van der Waals surface area contributed by atoms with Crippen LogP contribution in [0.15, 0.2) is 35.7 Å². The molecule has 132 valence electrons. The number of aliphatic hydroxyl groups is 1. The first kappa shape index (κ1) is 18.7. The molecule has 0 radical (unpaired) electrons. The Morgan fingerprint density at radius 1 is 1.17 bits per heavy atom. The van der Waals surface area contributed by atoms with E-state index in [9.17, 15) is 0 Å². The number of benzene rings is 1. The first-order valence-electron chi connectivity index (χ1n) is 8.10. The molecule has 2 rings (SSSR count). The molecule has 0 spiro atoms. The number of hydrogen-bond donors (Lipinski definition) is 3. The molecule has 0 saturated heterocycles. The number of nitrogens with one attached hydrogen (secondary N) is 2. The molecule has 0 fully saturated rings. The molecule has 0 aliphatic heterocycles. The summed E-state index contributed by atoms with van der Waals surface area (Å²) >= 11 is 1.68. The smallest absolute Gasteiger partial charge is 0.161 e. The topological polar surface area (TPSA) is 62.8 Å². The number of hydrogen-bond acceptors (Lipinski definition) is 6. The number of ether oxygens (including phenoxy) is 2. The van der Waals surface area contributed by atoms with Crippen molar-refractivity contribution in [3.63, 3.8) is 0 Å². The average Bonchev–Trinajstić information content (AvgIpc) is 3.09. The predicted octanol–water partition coefficient (Wildman–Crippen LogP) is 2.40. The molecule has 1 unspecified atom stereocenters. The summed E-state index contributed by atoms with van der Waals surface area (Å²) in [5.74, 6) is 1.51. The molecule has 2 aromatic rings. The quantitative estimate of drug-likeness (QED) is 0.543. The molecule has 0 bridgehead atoms. The summed E-state index contributed by atoms with van der Waals surface area (Å²) in [4.78, 5) is 1.19. The lowest BCUT2D eigenvalue weighted by Crippen LogP contribution is -2.31. The van der Waals surface area contributed by atoms with E-state index in [1.54, 1.807) is 25.4 Å². The van der Waals surface area contributed by atoms with Gasteiger partial charge in [-0.1, -0.05) is 12.1 Å². The zero-order chi connectivity index (χ0) is 17.2. The fraction of sp³-hybridized carbons (Fsp3) is 0.444. The molecule has 6 heteroatoms. The van der Waals surface area contributed by atoms with Gasteiger partial charge in [-0.25, -0.2) is 0 Å². The molecule has 5 nitrogen and oxygen atoms in total. The summed E-state index contributed by atoms with van der Waals surface area (Å²) in [6, 6.07) is 10.1. The molecular formula is C18H26N2O3S. The van der Waals surface area contributed by atoms with Crippen LogP contribution >= 0.6 is 11.3 Å². The fourth-order valence-electron chi connectivity index (χ4n) is 2.21. The molecule has 1 aromatic carbocycles. The SMILES string of the molecule is COc1cc(CNCCNCC(C)O)ccc1OCc1cccs1. The third-order valence-electron chi connectivity index (χ3n) is 3.43. The second-order valence-corrected chi connectivity index (χ2v) is 6.62. The number of methoxy groups -OCH3 is 1. The van der Waals surface area contributed by atoms with Gasteiger partial charge in [0.25, 0.3) is 0 Å². The monoisotopic (exact) mass is 350 g/mol. The minimum Gasteiger partial charge on any atom is -0.493 e. The van der Waals surface area contributed by atoms with E-state index in [-0.39, 0.29) is 6.10 Å². The Labute approximate surface area is 147 Å². The van der Waals surface area contributed by atoms with Crippen LogP contribution in [0, 0.1) is 0 Å². The summed E-state index contributed by atoms with van der Waals surface area (Å²) in [6.07, 6.45) is -0.309. The molecule has 1 heterocycles. The summed E-state index contributed by atoms with van der Waals surface area (Å²) < 4.78 is 11.3. The van der Waals surface area contributed by atoms with Crippen molar-refractivity contribution >= 4 is 11.3 Å². The summed E-state index contributed by atoms with van der Waals surface area (Å²) in [5.41, 5.74) is 1.14. The Morgan fingerprint density at radius 2 is 2.00 bits per heavy atom. The minimum absolute atomic E-state index is 0.309. The van der Waals surface area contributed by atoms with Crippen LogP contribution in [0.25, 0.3) is 0 Å². The zero-order valence-corrected chi connectivity index (χ0v) is 15.1. The summed E-state index contributed by atoms with van der Waals surface area (Å²) in [7, 11) is 1.66. The fourth-order valence-corrected chi connectivity index (χ4v) is 2.82. The maximum absolute atomic E-state index is 9.17. The Bertz CT molecular complexity index is 588. The predicted molar refractivity (Wildman–Crippen MR) is 97.9 cm³/mol. The number of rotatable bonds is 11. The highest BCUT2D eigenvalue weighted by Gasteiger charge is 2.06. The van der Waals surface area contributed by atoms with Crippen molar-refractivity contribution in [2.24, 2.45) is 0 Å². The van der Waals surface area contributed by atoms with Crippen molar-refractivity contribution in [1.29, 1.82) is 0 Å². The van der Waals surface area contributed by atoms with Crippen LogP contribution in [0.5, 0.6) is 11.5 Å². The Hall–Kier alpha value is -1.60. The molecule has 0 aliphatic carbocycles. The molecule has 1 aromatic heterocycles. The van der Waals surface area contributed by atoms with Gasteiger partial charge in [0.15, 0.2) is 11.5 Å². The van der Waals surface area contributed by atoms with E-state index in [0.29, 0.717) is 13.2 Å². The third-order valence-corrected chi connectivity index (χ3v) is 4.28. The lowest BCUT2D eigenvalue weighted by Gasteiger charge is -2.12. The van der Waals surface area contributed by atoms with Gasteiger partial charge >= 0.3 is 0 Å². The molecule has 3 N–H and O–H groups in total. The van der Waals surface area contributed by atoms with Crippen LogP contribution in [-0.4, -0.2) is 38.0 Å². The van der Waals surface area contributed by atoms with Gasteiger partial charge in [0.05, 0.1) is 13.2 Å². The summed E-state index contributed by atoms with van der Waals surface area (Å²) in [5, 5.41) is 17.7. The van der Waals surface area contributed by atoms with E-state index in [1.165, 1.54) is 4.88 Å². The minimum atomic E-state index is -0.309. The highest BCUT2D eigenvalue weighted by Crippen LogP contribution is 2.29. The van der Waals surface area contributed by atoms with Gasteiger partial charge in [-0.2, -0.15) is 0 Å². The lowest BCUT2D eigenvalue weighted by atomic mass is 10.2. The van der Waals surface area contributed by atoms with E-state index >= 15 is 0 Å². The van der Waals surface area contributed by atoms with Crippen molar-refractivity contribution < 1.29 is 14.6 Å². The first-order chi connectivity index (χ1) is 11.7. The molecular weight excluding hydrogens is 324 g/mol. The third kappa shape index (κ3) is 6.49. The van der Waals surface area contributed by atoms with Crippen LogP contribution in [0.3, 0.4) is 0 Å². The van der Waals surface area contributed by atoms with Crippen LogP contribution in [0.2, 0.25) is 0 Å². The molecule has 0 saturated carbocycles. The van der Waals surface area contributed by atoms with Crippen LogP contribution in [0.1, 0.15) is 17.4 Å². The van der Waals surface area contributed by atoms with E-state index in [2.05, 4.69) is 16.7 Å². The van der Waals surface area contributed by atoms with E-state index in [4.69, 9.17) is 14.6 Å². The Morgan fingerprint density at radius 3 is 2.71 bits per heavy atom. The van der Waals surface area contributed by atoms with Crippen molar-refractivity contribution in [3.05, 3.63) is 46.2 Å². The van der Waals surface area contributed by atoms with Crippen molar-refractivity contribution in [2.75, 3.05) is 26.7 Å². The molecule has 0 aliphatic rings. The van der Waals surface area contributed by atoms with E-state index in [1.807, 2.05) is 29.6 Å². The maximum Gasteiger partial charge on any atom is 0.161 e. The first-order valence-corrected chi connectivity index (χ1v) is 8.98. The van der Waals surface area contributed by atoms with Gasteiger partial charge in [0.1, 0.15) is 6.61 Å². The standard InChI is InChI=1S/C18H26N2O3S/c1-14(21)11-19-7-8-20-12-15-5-6-17(18(10-15)22-2)23-13-16-4-3-9-24-16/h3-6,9-10,14,19-21H,7-8,11-13H2,1-2H3. The largest absolute Gasteiger partial charge is 0.493 e. The summed E-state index contributed by atoms with van der Waals surface area (Å²) in [6.45, 7) is 5.37. The Balaban J connectivity index is 1.77. The van der Waals surface area contributed by atoms with Crippen LogP contribution < -0.4 is 20.1 Å². The van der Waals surface area contributed by atoms with Gasteiger partial charge in [-0.15, -0.1) is 11.3 Å². The molecule has 24 heavy (non-hydrogen) atoms. The number of thiophene rings is 1. The maximum atomic E-state index is 9.17. The van der Waals surface area contributed by atoms with Crippen LogP contribution in [-0.2, 0) is 13.2 Å². The molecule has 1 atom stereocenters. The molecule has 0 amide bonds. The highest BCUT2D eigenvalue weighted by atomic mass is 32.1. The normalized spacial score (nSPS) is 12.1. The van der Waals surface area contributed by atoms with Gasteiger partial charge in [0, 0.05) is 31.1 Å². The highest BCUT2D eigenvalue weighted by molar-refractivity contribution is 7.09. The second-order valence-electron chi connectivity index (χ2n) is 5.58. The van der Waals surface area contributed by atoms with E-state index in [0.717, 1.165) is 36.7 Å². The van der Waals surface area contributed by atoms with Gasteiger partial charge in [-0.3, -0.25) is 0 Å².